The standard InChI is InChI=1S/C19H23ClN2O4S/c1-12-9-15-13(2)17(26-18(15)16(20)10-12)19(23)22-6-4-21(5-7-22)14-3-8-27(24,25)11-14/h9-10,14H,3-8,11H2,1-2H3/t14-/m1/s1. The van der Waals surface area contributed by atoms with Gasteiger partial charge in [-0.15, -0.1) is 0 Å². The molecule has 0 unspecified atom stereocenters. The zero-order valence-corrected chi connectivity index (χ0v) is 17.1. The first-order chi connectivity index (χ1) is 12.7. The monoisotopic (exact) mass is 410 g/mol. The summed E-state index contributed by atoms with van der Waals surface area (Å²) in [5.74, 6) is 0.724. The van der Waals surface area contributed by atoms with Crippen LogP contribution in [0.15, 0.2) is 16.5 Å². The van der Waals surface area contributed by atoms with Crippen molar-refractivity contribution < 1.29 is 17.6 Å². The molecule has 0 N–H and O–H groups in total. The van der Waals surface area contributed by atoms with Crippen molar-refractivity contribution in [2.45, 2.75) is 26.3 Å². The molecule has 6 nitrogen and oxygen atoms in total. The van der Waals surface area contributed by atoms with Crippen LogP contribution in [0.3, 0.4) is 0 Å². The molecule has 1 aromatic carbocycles. The highest BCUT2D eigenvalue weighted by Crippen LogP contribution is 2.33. The summed E-state index contributed by atoms with van der Waals surface area (Å²) in [7, 11) is -2.90. The van der Waals surface area contributed by atoms with E-state index in [1.54, 1.807) is 4.90 Å². The van der Waals surface area contributed by atoms with Gasteiger partial charge in [0.1, 0.15) is 0 Å². The van der Waals surface area contributed by atoms with E-state index in [0.717, 1.165) is 16.5 Å². The van der Waals surface area contributed by atoms with Gasteiger partial charge in [-0.2, -0.15) is 0 Å². The summed E-state index contributed by atoms with van der Waals surface area (Å²) in [5, 5.41) is 1.39. The van der Waals surface area contributed by atoms with Crippen LogP contribution in [0, 0.1) is 13.8 Å². The molecule has 2 aliphatic rings. The Balaban J connectivity index is 1.49. The molecule has 3 heterocycles. The average molecular weight is 411 g/mol. The topological polar surface area (TPSA) is 70.8 Å². The molecule has 2 aliphatic heterocycles. The fraction of sp³-hybridized carbons (Fsp3) is 0.526. The molecule has 2 fully saturated rings. The number of nitrogens with zero attached hydrogens (tertiary/aromatic N) is 2. The second-order valence-corrected chi connectivity index (χ2v) is 10.2. The first kappa shape index (κ1) is 18.8. The van der Waals surface area contributed by atoms with Crippen molar-refractivity contribution in [3.05, 3.63) is 34.0 Å². The van der Waals surface area contributed by atoms with E-state index in [2.05, 4.69) is 4.90 Å². The number of rotatable bonds is 2. The number of amides is 1. The number of carbonyl (C=O) groups excluding carboxylic acids is 1. The Morgan fingerprint density at radius 2 is 1.89 bits per heavy atom. The van der Waals surface area contributed by atoms with Crippen LogP contribution in [0.2, 0.25) is 5.02 Å². The van der Waals surface area contributed by atoms with Crippen molar-refractivity contribution in [3.8, 4) is 0 Å². The highest BCUT2D eigenvalue weighted by atomic mass is 35.5. The molecule has 1 amide bonds. The lowest BCUT2D eigenvalue weighted by Crippen LogP contribution is -2.52. The number of carbonyl (C=O) groups is 1. The largest absolute Gasteiger partial charge is 0.449 e. The number of fused-ring (bicyclic) bond motifs is 1. The van der Waals surface area contributed by atoms with Gasteiger partial charge in [-0.3, -0.25) is 9.69 Å². The molecule has 1 atom stereocenters. The molecular formula is C19H23ClN2O4S. The summed E-state index contributed by atoms with van der Waals surface area (Å²) < 4.78 is 29.2. The third-order valence-electron chi connectivity index (χ3n) is 5.66. The van der Waals surface area contributed by atoms with Crippen LogP contribution in [0.5, 0.6) is 0 Å². The van der Waals surface area contributed by atoms with Gasteiger partial charge in [0, 0.05) is 43.2 Å². The van der Waals surface area contributed by atoms with E-state index in [-0.39, 0.29) is 23.5 Å². The highest BCUT2D eigenvalue weighted by Gasteiger charge is 2.35. The summed E-state index contributed by atoms with van der Waals surface area (Å²) >= 11 is 6.28. The molecular weight excluding hydrogens is 388 g/mol. The smallest absolute Gasteiger partial charge is 0.289 e. The predicted molar refractivity (Wildman–Crippen MR) is 105 cm³/mol. The van der Waals surface area contributed by atoms with Gasteiger partial charge >= 0.3 is 0 Å². The zero-order chi connectivity index (χ0) is 19.3. The molecule has 8 heteroatoms. The summed E-state index contributed by atoms with van der Waals surface area (Å²) in [6.45, 7) is 6.35. The molecule has 2 saturated heterocycles. The molecule has 0 saturated carbocycles. The highest BCUT2D eigenvalue weighted by molar-refractivity contribution is 7.91. The number of sulfone groups is 1. The zero-order valence-electron chi connectivity index (χ0n) is 15.5. The van der Waals surface area contributed by atoms with E-state index in [1.165, 1.54) is 0 Å². The number of benzene rings is 1. The van der Waals surface area contributed by atoms with Crippen molar-refractivity contribution in [1.82, 2.24) is 9.80 Å². The SMILES string of the molecule is Cc1cc(Cl)c2oc(C(=O)N3CCN([C@@H]4CCS(=O)(=O)C4)CC3)c(C)c2c1. The van der Waals surface area contributed by atoms with Crippen LogP contribution in [-0.4, -0.2) is 67.9 Å². The Morgan fingerprint density at radius 1 is 1.19 bits per heavy atom. The van der Waals surface area contributed by atoms with Gasteiger partial charge in [-0.25, -0.2) is 8.42 Å². The second kappa shape index (κ2) is 6.79. The number of halogens is 1. The molecule has 1 aromatic heterocycles. The Labute approximate surface area is 164 Å². The summed E-state index contributed by atoms with van der Waals surface area (Å²) in [5.41, 5.74) is 2.39. The summed E-state index contributed by atoms with van der Waals surface area (Å²) in [4.78, 5) is 17.0. The van der Waals surface area contributed by atoms with Crippen LogP contribution in [0.25, 0.3) is 11.0 Å². The molecule has 0 spiro atoms. The first-order valence-corrected chi connectivity index (χ1v) is 11.4. The lowest BCUT2D eigenvalue weighted by Gasteiger charge is -2.37. The van der Waals surface area contributed by atoms with E-state index in [9.17, 15) is 13.2 Å². The molecule has 146 valence electrons. The minimum atomic E-state index is -2.90. The van der Waals surface area contributed by atoms with Crippen LogP contribution in [0.1, 0.15) is 28.1 Å². The quantitative estimate of drug-likeness (QED) is 0.761. The van der Waals surface area contributed by atoms with Crippen molar-refractivity contribution in [1.29, 1.82) is 0 Å². The Morgan fingerprint density at radius 3 is 2.52 bits per heavy atom. The predicted octanol–water partition coefficient (Wildman–Crippen LogP) is 2.65. The molecule has 0 aliphatic carbocycles. The van der Waals surface area contributed by atoms with E-state index in [1.807, 2.05) is 26.0 Å². The average Bonchev–Trinajstić information content (AvgIpc) is 3.15. The van der Waals surface area contributed by atoms with Gasteiger partial charge < -0.3 is 9.32 Å². The van der Waals surface area contributed by atoms with Crippen molar-refractivity contribution in [3.63, 3.8) is 0 Å². The van der Waals surface area contributed by atoms with E-state index >= 15 is 0 Å². The normalized spacial score (nSPS) is 23.2. The van der Waals surface area contributed by atoms with Crippen LogP contribution in [0.4, 0.5) is 0 Å². The van der Waals surface area contributed by atoms with Crippen LogP contribution in [-0.2, 0) is 9.84 Å². The lowest BCUT2D eigenvalue weighted by atomic mass is 10.1. The number of piperazine rings is 1. The first-order valence-electron chi connectivity index (χ1n) is 9.18. The third kappa shape index (κ3) is 3.48. The van der Waals surface area contributed by atoms with Gasteiger partial charge in [0.05, 0.1) is 16.5 Å². The molecule has 4 rings (SSSR count). The maximum Gasteiger partial charge on any atom is 0.289 e. The Hall–Kier alpha value is -1.57. The molecule has 2 aromatic rings. The van der Waals surface area contributed by atoms with E-state index in [4.69, 9.17) is 16.0 Å². The number of furan rings is 1. The minimum absolute atomic E-state index is 0.0852. The lowest BCUT2D eigenvalue weighted by molar-refractivity contribution is 0.0560. The summed E-state index contributed by atoms with van der Waals surface area (Å²) in [6.07, 6.45) is 0.691. The van der Waals surface area contributed by atoms with Gasteiger partial charge in [0.15, 0.2) is 21.2 Å². The number of hydrogen-bond acceptors (Lipinski definition) is 5. The number of hydrogen-bond donors (Lipinski definition) is 0. The molecule has 0 bridgehead atoms. The second-order valence-electron chi connectivity index (χ2n) is 7.56. The van der Waals surface area contributed by atoms with Gasteiger partial charge in [0.25, 0.3) is 5.91 Å². The van der Waals surface area contributed by atoms with Crippen molar-refractivity contribution >= 4 is 38.3 Å². The fourth-order valence-electron chi connectivity index (χ4n) is 4.11. The van der Waals surface area contributed by atoms with Crippen LogP contribution >= 0.6 is 11.6 Å². The minimum Gasteiger partial charge on any atom is -0.449 e. The van der Waals surface area contributed by atoms with Gasteiger partial charge in [0.2, 0.25) is 0 Å². The Bertz CT molecular complexity index is 1010. The fourth-order valence-corrected chi connectivity index (χ4v) is 6.19. The van der Waals surface area contributed by atoms with Crippen molar-refractivity contribution in [2.75, 3.05) is 37.7 Å². The maximum atomic E-state index is 13.0. The third-order valence-corrected chi connectivity index (χ3v) is 7.69. The molecule has 27 heavy (non-hydrogen) atoms. The maximum absolute atomic E-state index is 13.0. The van der Waals surface area contributed by atoms with Gasteiger partial charge in [-0.1, -0.05) is 11.6 Å². The van der Waals surface area contributed by atoms with Crippen molar-refractivity contribution in [2.24, 2.45) is 0 Å². The summed E-state index contributed by atoms with van der Waals surface area (Å²) in [6, 6.07) is 3.90. The van der Waals surface area contributed by atoms with Gasteiger partial charge in [-0.05, 0) is 38.0 Å². The van der Waals surface area contributed by atoms with Crippen LogP contribution < -0.4 is 0 Å². The van der Waals surface area contributed by atoms with E-state index < -0.39 is 9.84 Å². The van der Waals surface area contributed by atoms with E-state index in [0.29, 0.717) is 49.0 Å². The number of aryl methyl sites for hydroxylation is 2. The Kier molecular flexibility index (Phi) is 4.72. The molecule has 0 radical (unpaired) electrons.